The number of carbonyl (C=O) groups excluding carboxylic acids is 1. The van der Waals surface area contributed by atoms with E-state index >= 15 is 0 Å². The molecule has 0 spiro atoms. The van der Waals surface area contributed by atoms with Crippen LogP contribution in [0.3, 0.4) is 0 Å². The molecule has 0 heterocycles. The Morgan fingerprint density at radius 1 is 0.773 bits per heavy atom. The topological polar surface area (TPSA) is 52.3 Å². The molecule has 0 saturated carbocycles. The summed E-state index contributed by atoms with van der Waals surface area (Å²) in [7, 11) is 0. The molecular formula is C18H38NNaO2. The van der Waals surface area contributed by atoms with Crippen molar-refractivity contribution >= 4 is 5.97 Å². The van der Waals surface area contributed by atoms with E-state index in [2.05, 4.69) is 6.92 Å². The van der Waals surface area contributed by atoms with E-state index in [4.69, 9.17) is 10.5 Å². The van der Waals surface area contributed by atoms with E-state index in [-0.39, 0.29) is 43.5 Å². The molecule has 0 aromatic rings. The molecule has 0 radical (unpaired) electrons. The molecule has 4 heteroatoms. The van der Waals surface area contributed by atoms with Crippen molar-refractivity contribution < 1.29 is 40.5 Å². The number of hydrogen-bond donors (Lipinski definition) is 1. The van der Waals surface area contributed by atoms with Gasteiger partial charge in [0.05, 0.1) is 13.2 Å². The molecule has 0 bridgehead atoms. The minimum atomic E-state index is -0.287. The third-order valence-electron chi connectivity index (χ3n) is 3.93. The third-order valence-corrected chi connectivity index (χ3v) is 3.93. The van der Waals surface area contributed by atoms with Crippen LogP contribution in [-0.4, -0.2) is 19.1 Å². The number of rotatable bonds is 16. The monoisotopic (exact) mass is 323 g/mol. The Labute approximate surface area is 161 Å². The van der Waals surface area contributed by atoms with E-state index in [0.29, 0.717) is 6.61 Å². The summed E-state index contributed by atoms with van der Waals surface area (Å²) in [5.74, 6) is -0.287. The van der Waals surface area contributed by atoms with Gasteiger partial charge in [-0.3, -0.25) is 4.79 Å². The number of ether oxygens (including phenoxy) is 1. The quantitative estimate of drug-likeness (QED) is 0.269. The number of nitrogens with two attached hydrogens (primary N) is 1. The van der Waals surface area contributed by atoms with Crippen molar-refractivity contribution in [1.29, 1.82) is 0 Å². The zero-order chi connectivity index (χ0) is 15.6. The largest absolute Gasteiger partial charge is 1.00 e. The van der Waals surface area contributed by atoms with Crippen molar-refractivity contribution in [2.75, 3.05) is 13.2 Å². The second-order valence-corrected chi connectivity index (χ2v) is 6.02. The average Bonchev–Trinajstić information content (AvgIpc) is 2.50. The molecule has 22 heavy (non-hydrogen) atoms. The van der Waals surface area contributed by atoms with Crippen molar-refractivity contribution in [3.8, 4) is 0 Å². The van der Waals surface area contributed by atoms with Gasteiger partial charge in [0.1, 0.15) is 0 Å². The number of esters is 1. The Hall–Kier alpha value is 0.430. The van der Waals surface area contributed by atoms with E-state index < -0.39 is 0 Å². The molecule has 0 amide bonds. The predicted molar refractivity (Wildman–Crippen MR) is 91.4 cm³/mol. The number of unbranched alkanes of at least 4 members (excludes halogenated alkanes) is 13. The normalized spacial score (nSPS) is 10.3. The average molecular weight is 323 g/mol. The Bertz CT molecular complexity index is 231. The smallest absolute Gasteiger partial charge is 1.00 e. The zero-order valence-corrected chi connectivity index (χ0v) is 17.2. The summed E-state index contributed by atoms with van der Waals surface area (Å²) in [6.07, 6.45) is 18.8. The van der Waals surface area contributed by atoms with E-state index in [9.17, 15) is 4.79 Å². The molecule has 0 rings (SSSR count). The van der Waals surface area contributed by atoms with Gasteiger partial charge >= 0.3 is 35.5 Å². The maximum absolute atomic E-state index is 10.8. The fraction of sp³-hybridized carbons (Fsp3) is 0.944. The molecule has 3 nitrogen and oxygen atoms in total. The molecule has 0 saturated heterocycles. The molecule has 128 valence electrons. The first kappa shape index (κ1) is 24.7. The molecule has 0 aliphatic heterocycles. The minimum Gasteiger partial charge on any atom is -1.00 e. The second kappa shape index (κ2) is 21.4. The first-order valence-corrected chi connectivity index (χ1v) is 9.17. The fourth-order valence-corrected chi connectivity index (χ4v) is 2.54. The van der Waals surface area contributed by atoms with Crippen LogP contribution < -0.4 is 35.3 Å². The van der Waals surface area contributed by atoms with E-state index in [1.807, 2.05) is 0 Å². The Morgan fingerprint density at radius 2 is 1.14 bits per heavy atom. The SMILES string of the molecule is CCCCCCCCCCCCCCCCOC(=O)CN.[H-].[Na+]. The zero-order valence-electron chi connectivity index (χ0n) is 16.2. The van der Waals surface area contributed by atoms with Gasteiger partial charge in [0.2, 0.25) is 0 Å². The fourth-order valence-electron chi connectivity index (χ4n) is 2.54. The maximum Gasteiger partial charge on any atom is 1.00 e. The van der Waals surface area contributed by atoms with Crippen LogP contribution in [-0.2, 0) is 9.53 Å². The predicted octanol–water partition coefficient (Wildman–Crippen LogP) is 2.09. The standard InChI is InChI=1S/C18H37NO2.Na.H/c1-2-3-4-5-6-7-8-9-10-11-12-13-14-15-16-21-18(20)17-19;;/h2-17,19H2,1H3;;/q;+1;-1. The Morgan fingerprint density at radius 3 is 1.50 bits per heavy atom. The molecule has 0 atom stereocenters. The van der Waals surface area contributed by atoms with E-state index in [1.165, 1.54) is 77.0 Å². The van der Waals surface area contributed by atoms with Crippen molar-refractivity contribution in [2.24, 2.45) is 5.73 Å². The summed E-state index contributed by atoms with van der Waals surface area (Å²) in [5.41, 5.74) is 5.16. The van der Waals surface area contributed by atoms with Gasteiger partial charge in [0.25, 0.3) is 0 Å². The van der Waals surface area contributed by atoms with Crippen LogP contribution in [0.5, 0.6) is 0 Å². The van der Waals surface area contributed by atoms with Gasteiger partial charge in [-0.15, -0.1) is 0 Å². The van der Waals surface area contributed by atoms with Gasteiger partial charge < -0.3 is 11.9 Å². The summed E-state index contributed by atoms with van der Waals surface area (Å²) >= 11 is 0. The van der Waals surface area contributed by atoms with Crippen LogP contribution in [0.1, 0.15) is 98.2 Å². The van der Waals surface area contributed by atoms with Crippen LogP contribution in [0.2, 0.25) is 0 Å². The van der Waals surface area contributed by atoms with Crippen LogP contribution in [0.15, 0.2) is 0 Å². The van der Waals surface area contributed by atoms with Crippen molar-refractivity contribution in [2.45, 2.75) is 96.8 Å². The molecule has 0 aliphatic rings. The Balaban J connectivity index is -0.00000200. The number of carbonyl (C=O) groups is 1. The van der Waals surface area contributed by atoms with Crippen molar-refractivity contribution in [1.82, 2.24) is 0 Å². The van der Waals surface area contributed by atoms with Crippen LogP contribution >= 0.6 is 0 Å². The van der Waals surface area contributed by atoms with Gasteiger partial charge in [-0.2, -0.15) is 0 Å². The summed E-state index contributed by atoms with van der Waals surface area (Å²) in [4.78, 5) is 10.8. The van der Waals surface area contributed by atoms with E-state index in [1.54, 1.807) is 0 Å². The molecule has 0 aromatic heterocycles. The first-order valence-electron chi connectivity index (χ1n) is 9.17. The van der Waals surface area contributed by atoms with Gasteiger partial charge in [0, 0.05) is 0 Å². The summed E-state index contributed by atoms with van der Waals surface area (Å²) in [6.45, 7) is 2.80. The Kier molecular flexibility index (Phi) is 24.0. The minimum absolute atomic E-state index is 0. The molecule has 2 N–H and O–H groups in total. The molecule has 0 fully saturated rings. The van der Waals surface area contributed by atoms with Crippen LogP contribution in [0, 0.1) is 0 Å². The van der Waals surface area contributed by atoms with Gasteiger partial charge in [0.15, 0.2) is 0 Å². The molecule has 0 aliphatic carbocycles. The first-order chi connectivity index (χ1) is 10.3. The molecule has 0 aromatic carbocycles. The summed E-state index contributed by atoms with van der Waals surface area (Å²) in [6, 6.07) is 0. The molecule has 0 unspecified atom stereocenters. The van der Waals surface area contributed by atoms with Crippen molar-refractivity contribution in [3.05, 3.63) is 0 Å². The number of hydrogen-bond acceptors (Lipinski definition) is 3. The van der Waals surface area contributed by atoms with Gasteiger partial charge in [-0.05, 0) is 6.42 Å². The van der Waals surface area contributed by atoms with Crippen molar-refractivity contribution in [3.63, 3.8) is 0 Å². The van der Waals surface area contributed by atoms with E-state index in [0.717, 1.165) is 12.8 Å². The van der Waals surface area contributed by atoms with Gasteiger partial charge in [-0.25, -0.2) is 0 Å². The third kappa shape index (κ3) is 20.4. The van der Waals surface area contributed by atoms with Gasteiger partial charge in [-0.1, -0.05) is 90.4 Å². The van der Waals surface area contributed by atoms with Crippen LogP contribution in [0.25, 0.3) is 0 Å². The second-order valence-electron chi connectivity index (χ2n) is 6.02. The summed E-state index contributed by atoms with van der Waals surface area (Å²) < 4.78 is 4.93. The van der Waals surface area contributed by atoms with Crippen LogP contribution in [0.4, 0.5) is 0 Å². The summed E-state index contributed by atoms with van der Waals surface area (Å²) in [5, 5.41) is 0. The molecular weight excluding hydrogens is 285 g/mol. The maximum atomic E-state index is 10.8.